The van der Waals surface area contributed by atoms with Crippen molar-refractivity contribution in [1.82, 2.24) is 10.6 Å². The van der Waals surface area contributed by atoms with Crippen molar-refractivity contribution < 1.29 is 67.4 Å². The Bertz CT molecular complexity index is 1820. The molecule has 0 aromatic heterocycles. The van der Waals surface area contributed by atoms with Crippen molar-refractivity contribution in [3.8, 4) is 0 Å². The van der Waals surface area contributed by atoms with Crippen LogP contribution in [0.4, 0.5) is 0 Å². The zero-order valence-corrected chi connectivity index (χ0v) is 38.1. The number of carbonyl (C=O) groups is 6. The van der Waals surface area contributed by atoms with Crippen LogP contribution < -0.4 is 10.6 Å². The first-order valence-corrected chi connectivity index (χ1v) is 22.2. The molecule has 0 saturated carbocycles. The van der Waals surface area contributed by atoms with E-state index in [2.05, 4.69) is 24.5 Å². The van der Waals surface area contributed by atoms with Crippen LogP contribution in [0.25, 0.3) is 6.08 Å². The lowest BCUT2D eigenvalue weighted by atomic mass is 9.90. The molecule has 3 aliphatic rings. The van der Waals surface area contributed by atoms with Gasteiger partial charge < -0.3 is 49.3 Å². The summed E-state index contributed by atoms with van der Waals surface area (Å²) in [7, 11) is 0. The number of unbranched alkanes of at least 4 members (excludes halogenated alkanes) is 4. The maximum absolute atomic E-state index is 14.0. The van der Waals surface area contributed by atoms with Crippen LogP contribution in [0.1, 0.15) is 142 Å². The monoisotopic (exact) mass is 884 g/mol. The lowest BCUT2D eigenvalue weighted by Crippen LogP contribution is -2.55. The molecule has 4 rings (SSSR count). The molecule has 7 atom stereocenters. The average molecular weight is 885 g/mol. The smallest absolute Gasteiger partial charge is 0.348 e. The molecule has 2 saturated heterocycles. The molecule has 63 heavy (non-hydrogen) atoms. The van der Waals surface area contributed by atoms with Gasteiger partial charge in [0.1, 0.15) is 36.6 Å². The maximum Gasteiger partial charge on any atom is 0.348 e. The number of rotatable bonds is 22. The van der Waals surface area contributed by atoms with E-state index >= 15 is 0 Å². The van der Waals surface area contributed by atoms with E-state index in [1.165, 1.54) is 19.1 Å². The van der Waals surface area contributed by atoms with E-state index in [4.69, 9.17) is 28.4 Å². The summed E-state index contributed by atoms with van der Waals surface area (Å²) in [6.07, 6.45) is 5.78. The highest BCUT2D eigenvalue weighted by Gasteiger charge is 2.53. The number of esters is 4. The highest BCUT2D eigenvalue weighted by molar-refractivity contribution is 5.98. The standard InChI is InChI=1S/C47H68N2O14/c1-9-11-13-22-47(23-14-12-10-2)61-35-26-32(41(54)49-38(29(3)51)42(55)48-33(27-50)19-21-37(53)62-45(4,5)6)25-34(39(35)63-47)59-43(56)31-17-15-16-30(24-31)18-20-36(52)60-40-44(57)58-28-46(40,7)8/h15-18,20,24,26,29,33-35,38-40,50-51H,9-14,19,21-23,25,27-28H2,1-8H3,(H,48,55)(H,49,54)/t29-,33-,34+,35+,38+,39-,40-/m0/s1. The topological polar surface area (TPSA) is 222 Å². The summed E-state index contributed by atoms with van der Waals surface area (Å²) in [5, 5.41) is 25.9. The van der Waals surface area contributed by atoms with Crippen LogP contribution in [0.3, 0.4) is 0 Å². The third-order valence-corrected chi connectivity index (χ3v) is 11.1. The zero-order valence-electron chi connectivity index (χ0n) is 38.1. The quantitative estimate of drug-likeness (QED) is 0.0512. The van der Waals surface area contributed by atoms with Gasteiger partial charge >= 0.3 is 23.9 Å². The number of aliphatic hydroxyl groups excluding tert-OH is 2. The fourth-order valence-electron chi connectivity index (χ4n) is 7.65. The molecule has 0 bridgehead atoms. The lowest BCUT2D eigenvalue weighted by molar-refractivity contribution is -0.190. The van der Waals surface area contributed by atoms with E-state index in [-0.39, 0.29) is 37.0 Å². The number of benzene rings is 1. The fourth-order valence-corrected chi connectivity index (χ4v) is 7.65. The molecule has 2 heterocycles. The molecule has 1 aromatic carbocycles. The highest BCUT2D eigenvalue weighted by Crippen LogP contribution is 2.43. The van der Waals surface area contributed by atoms with Crippen LogP contribution in [0, 0.1) is 5.41 Å². The van der Waals surface area contributed by atoms with Crippen molar-refractivity contribution in [3.05, 3.63) is 53.1 Å². The molecule has 2 fully saturated rings. The molecule has 2 amide bonds. The summed E-state index contributed by atoms with van der Waals surface area (Å²) in [5.74, 6) is -5.09. The molecule has 4 N–H and O–H groups in total. The first-order valence-electron chi connectivity index (χ1n) is 22.2. The van der Waals surface area contributed by atoms with Crippen molar-refractivity contribution in [2.45, 2.75) is 180 Å². The van der Waals surface area contributed by atoms with E-state index in [0.717, 1.165) is 44.6 Å². The molecule has 2 aliphatic heterocycles. The van der Waals surface area contributed by atoms with Crippen LogP contribution in [0.5, 0.6) is 0 Å². The van der Waals surface area contributed by atoms with E-state index in [9.17, 15) is 39.0 Å². The highest BCUT2D eigenvalue weighted by atomic mass is 16.8. The number of fused-ring (bicyclic) bond motifs is 1. The van der Waals surface area contributed by atoms with Gasteiger partial charge in [0.15, 0.2) is 5.79 Å². The Morgan fingerprint density at radius 2 is 1.67 bits per heavy atom. The van der Waals surface area contributed by atoms with Crippen LogP contribution in [0.2, 0.25) is 0 Å². The van der Waals surface area contributed by atoms with Gasteiger partial charge in [0, 0.05) is 42.7 Å². The van der Waals surface area contributed by atoms with Crippen molar-refractivity contribution in [1.29, 1.82) is 0 Å². The van der Waals surface area contributed by atoms with Gasteiger partial charge in [-0.2, -0.15) is 0 Å². The maximum atomic E-state index is 14.0. The molecular formula is C47H68N2O14. The number of hydrogen-bond acceptors (Lipinski definition) is 14. The summed E-state index contributed by atoms with van der Waals surface area (Å²) < 4.78 is 35.3. The Morgan fingerprint density at radius 1 is 0.984 bits per heavy atom. The number of hydrogen-bond donors (Lipinski definition) is 4. The molecule has 0 unspecified atom stereocenters. The van der Waals surface area contributed by atoms with Gasteiger partial charge in [-0.1, -0.05) is 65.5 Å². The van der Waals surface area contributed by atoms with E-state index in [0.29, 0.717) is 18.4 Å². The van der Waals surface area contributed by atoms with Crippen molar-refractivity contribution in [2.24, 2.45) is 5.41 Å². The largest absolute Gasteiger partial charge is 0.462 e. The minimum absolute atomic E-state index is 0.0527. The minimum Gasteiger partial charge on any atom is -0.462 e. The number of aliphatic hydroxyl groups is 2. The van der Waals surface area contributed by atoms with E-state index in [1.54, 1.807) is 58.9 Å². The SMILES string of the molecule is CCCCCC1(CCCCC)O[C@@H]2[C@@H](C=C(C(=O)N[C@@H](C(=O)N[C@H](CO)CCC(=O)OC(C)(C)C)[C@H](C)O)C[C@H]2OC(=O)c2cccc(C=CC(=O)O[C@H]3C(=O)OCC3(C)C)c2)O1. The van der Waals surface area contributed by atoms with Crippen molar-refractivity contribution in [2.75, 3.05) is 13.2 Å². The van der Waals surface area contributed by atoms with Gasteiger partial charge in [0.2, 0.25) is 17.9 Å². The first-order chi connectivity index (χ1) is 29.7. The lowest BCUT2D eigenvalue weighted by Gasteiger charge is -2.32. The Hall–Kier alpha value is -4.64. The third kappa shape index (κ3) is 15.0. The molecule has 1 aliphatic carbocycles. The Balaban J connectivity index is 1.54. The molecule has 0 radical (unpaired) electrons. The summed E-state index contributed by atoms with van der Waals surface area (Å²) in [4.78, 5) is 78.5. The van der Waals surface area contributed by atoms with E-state index < -0.39 is 102 Å². The second-order valence-electron chi connectivity index (χ2n) is 18.4. The van der Waals surface area contributed by atoms with Gasteiger partial charge in [-0.3, -0.25) is 14.4 Å². The molecule has 16 heteroatoms. The Labute approximate surface area is 370 Å². The van der Waals surface area contributed by atoms with Gasteiger partial charge in [-0.05, 0) is 76.8 Å². The van der Waals surface area contributed by atoms with Crippen LogP contribution >= 0.6 is 0 Å². The minimum atomic E-state index is -1.46. The predicted molar refractivity (Wildman–Crippen MR) is 230 cm³/mol. The van der Waals surface area contributed by atoms with Gasteiger partial charge in [0.25, 0.3) is 0 Å². The van der Waals surface area contributed by atoms with Crippen molar-refractivity contribution in [3.63, 3.8) is 0 Å². The molecule has 1 aromatic rings. The average Bonchev–Trinajstić information content (AvgIpc) is 3.71. The van der Waals surface area contributed by atoms with Gasteiger partial charge in [-0.25, -0.2) is 14.4 Å². The molecule has 16 nitrogen and oxygen atoms in total. The Morgan fingerprint density at radius 3 is 2.25 bits per heavy atom. The third-order valence-electron chi connectivity index (χ3n) is 11.1. The van der Waals surface area contributed by atoms with Crippen LogP contribution in [-0.2, 0) is 52.4 Å². The van der Waals surface area contributed by atoms with Gasteiger partial charge in [0.05, 0.1) is 24.3 Å². The molecule has 350 valence electrons. The summed E-state index contributed by atoms with van der Waals surface area (Å²) in [6.45, 7) is 13.9. The van der Waals surface area contributed by atoms with Crippen molar-refractivity contribution >= 4 is 41.8 Å². The summed E-state index contributed by atoms with van der Waals surface area (Å²) in [5.41, 5.74) is -0.631. The predicted octanol–water partition coefficient (Wildman–Crippen LogP) is 5.16. The fraction of sp³-hybridized carbons (Fsp3) is 0.660. The van der Waals surface area contributed by atoms with Gasteiger partial charge in [-0.15, -0.1) is 0 Å². The Kier molecular flexibility index (Phi) is 18.5. The number of ether oxygens (including phenoxy) is 6. The molecule has 0 spiro atoms. The van der Waals surface area contributed by atoms with Crippen LogP contribution in [-0.4, -0.2) is 113 Å². The second kappa shape index (κ2) is 22.8. The first kappa shape index (κ1) is 51.0. The van der Waals surface area contributed by atoms with E-state index in [1.807, 2.05) is 0 Å². The number of amides is 2. The normalized spacial score (nSPS) is 22.8. The number of nitrogens with one attached hydrogen (secondary N) is 2. The number of carbonyl (C=O) groups excluding carboxylic acids is 6. The zero-order chi connectivity index (χ0) is 46.5. The number of cyclic esters (lactones) is 1. The molecular weight excluding hydrogens is 817 g/mol. The van der Waals surface area contributed by atoms with Crippen LogP contribution in [0.15, 0.2) is 42.0 Å². The second-order valence-corrected chi connectivity index (χ2v) is 18.4. The summed E-state index contributed by atoms with van der Waals surface area (Å²) >= 11 is 0. The summed E-state index contributed by atoms with van der Waals surface area (Å²) in [6, 6.07) is 4.03.